The second kappa shape index (κ2) is 6.96. The quantitative estimate of drug-likeness (QED) is 0.701. The van der Waals surface area contributed by atoms with Gasteiger partial charge in [0.15, 0.2) is 0 Å². The van der Waals surface area contributed by atoms with E-state index in [2.05, 4.69) is 21.6 Å². The molecular weight excluding hydrogens is 270 g/mol. The van der Waals surface area contributed by atoms with Crippen LogP contribution in [0, 0.1) is 11.3 Å². The lowest BCUT2D eigenvalue weighted by atomic mass is 10.2. The first kappa shape index (κ1) is 14.4. The van der Waals surface area contributed by atoms with Crippen molar-refractivity contribution in [1.29, 1.82) is 5.26 Å². The second-order valence-electron chi connectivity index (χ2n) is 4.29. The van der Waals surface area contributed by atoms with Crippen LogP contribution in [-0.2, 0) is 0 Å². The Hall–Kier alpha value is -3.01. The molecule has 0 spiro atoms. The maximum absolute atomic E-state index is 12.0. The Morgan fingerprint density at radius 1 is 1.52 bits per heavy atom. The Morgan fingerprint density at radius 3 is 3.10 bits per heavy atom. The summed E-state index contributed by atoms with van der Waals surface area (Å²) in [6, 6.07) is 9.06. The number of anilines is 2. The number of H-pyrrole nitrogens is 1. The molecule has 1 aromatic heterocycles. The Balaban J connectivity index is 1.96. The number of benzene rings is 1. The van der Waals surface area contributed by atoms with Crippen LogP contribution in [0.3, 0.4) is 0 Å². The standard InChI is InChI=1S/C14H15N5O2/c15-6-1-2-7-21-11-5-3-4-10(8-11)18-14(20)13-12(16)9-17-19-13/h3-5,8-9H,1-2,7,16H2,(H,17,19)(H,18,20). The summed E-state index contributed by atoms with van der Waals surface area (Å²) >= 11 is 0. The van der Waals surface area contributed by atoms with Gasteiger partial charge in [-0.15, -0.1) is 0 Å². The number of nitrogens with zero attached hydrogens (tertiary/aromatic N) is 2. The number of aromatic nitrogens is 2. The van der Waals surface area contributed by atoms with Crippen LogP contribution < -0.4 is 15.8 Å². The fraction of sp³-hybridized carbons (Fsp3) is 0.214. The summed E-state index contributed by atoms with van der Waals surface area (Å²) in [7, 11) is 0. The third kappa shape index (κ3) is 3.98. The number of nitrogens with two attached hydrogens (primary N) is 1. The first-order chi connectivity index (χ1) is 10.2. The summed E-state index contributed by atoms with van der Waals surface area (Å²) in [4.78, 5) is 12.0. The molecule has 0 bridgehead atoms. The number of nitrogen functional groups attached to an aromatic ring is 1. The lowest BCUT2D eigenvalue weighted by Gasteiger charge is -2.08. The number of aromatic amines is 1. The first-order valence-electron chi connectivity index (χ1n) is 6.40. The highest BCUT2D eigenvalue weighted by molar-refractivity contribution is 6.06. The maximum atomic E-state index is 12.0. The minimum absolute atomic E-state index is 0.218. The van der Waals surface area contributed by atoms with Gasteiger partial charge in [-0.25, -0.2) is 0 Å². The van der Waals surface area contributed by atoms with E-state index < -0.39 is 0 Å². The van der Waals surface area contributed by atoms with E-state index >= 15 is 0 Å². The number of nitriles is 1. The van der Waals surface area contributed by atoms with Crippen molar-refractivity contribution < 1.29 is 9.53 Å². The molecule has 0 aliphatic heterocycles. The van der Waals surface area contributed by atoms with Gasteiger partial charge in [-0.1, -0.05) is 6.07 Å². The minimum Gasteiger partial charge on any atom is -0.493 e. The van der Waals surface area contributed by atoms with Crippen LogP contribution in [0.15, 0.2) is 30.5 Å². The SMILES string of the molecule is N#CCCCOc1cccc(NC(=O)c2[nH]ncc2N)c1. The van der Waals surface area contributed by atoms with Crippen molar-refractivity contribution in [3.05, 3.63) is 36.2 Å². The molecule has 1 amide bonds. The minimum atomic E-state index is -0.369. The molecule has 7 nitrogen and oxygen atoms in total. The third-order valence-electron chi connectivity index (χ3n) is 2.69. The van der Waals surface area contributed by atoms with E-state index in [4.69, 9.17) is 15.7 Å². The fourth-order valence-corrected chi connectivity index (χ4v) is 1.68. The van der Waals surface area contributed by atoms with Crippen molar-refractivity contribution in [2.75, 3.05) is 17.7 Å². The number of unbranched alkanes of at least 4 members (excludes halogenated alkanes) is 1. The zero-order chi connectivity index (χ0) is 15.1. The smallest absolute Gasteiger partial charge is 0.275 e. The Morgan fingerprint density at radius 2 is 2.38 bits per heavy atom. The van der Waals surface area contributed by atoms with Gasteiger partial charge in [-0.3, -0.25) is 9.89 Å². The molecule has 0 fully saturated rings. The summed E-state index contributed by atoms with van der Waals surface area (Å²) in [5.74, 6) is 0.259. The highest BCUT2D eigenvalue weighted by Gasteiger charge is 2.12. The van der Waals surface area contributed by atoms with Gasteiger partial charge in [0, 0.05) is 18.2 Å². The first-order valence-corrected chi connectivity index (χ1v) is 6.40. The predicted octanol–water partition coefficient (Wildman–Crippen LogP) is 1.93. The maximum Gasteiger partial charge on any atom is 0.275 e. The molecule has 7 heteroatoms. The van der Waals surface area contributed by atoms with Crippen molar-refractivity contribution in [1.82, 2.24) is 10.2 Å². The van der Waals surface area contributed by atoms with Gasteiger partial charge in [0.25, 0.3) is 5.91 Å². The molecule has 21 heavy (non-hydrogen) atoms. The number of rotatable bonds is 6. The van der Waals surface area contributed by atoms with Crippen molar-refractivity contribution in [3.63, 3.8) is 0 Å². The number of nitrogens with one attached hydrogen (secondary N) is 2. The second-order valence-corrected chi connectivity index (χ2v) is 4.29. The lowest BCUT2D eigenvalue weighted by Crippen LogP contribution is -2.14. The molecule has 0 saturated heterocycles. The monoisotopic (exact) mass is 285 g/mol. The van der Waals surface area contributed by atoms with Gasteiger partial charge in [-0.05, 0) is 18.6 Å². The van der Waals surface area contributed by atoms with Crippen LogP contribution in [0.25, 0.3) is 0 Å². The van der Waals surface area contributed by atoms with Gasteiger partial charge in [-0.2, -0.15) is 10.4 Å². The van der Waals surface area contributed by atoms with Gasteiger partial charge in [0.1, 0.15) is 11.4 Å². The van der Waals surface area contributed by atoms with E-state index in [0.29, 0.717) is 30.9 Å². The molecule has 4 N–H and O–H groups in total. The molecule has 0 saturated carbocycles. The predicted molar refractivity (Wildman–Crippen MR) is 77.7 cm³/mol. The molecule has 2 aromatic rings. The van der Waals surface area contributed by atoms with Gasteiger partial charge < -0.3 is 15.8 Å². The average molecular weight is 285 g/mol. The molecule has 0 aliphatic rings. The summed E-state index contributed by atoms with van der Waals surface area (Å²) in [5.41, 5.74) is 6.71. The topological polar surface area (TPSA) is 117 Å². The van der Waals surface area contributed by atoms with Gasteiger partial charge >= 0.3 is 0 Å². The van der Waals surface area contributed by atoms with E-state index in [0.717, 1.165) is 0 Å². The number of hydrogen-bond donors (Lipinski definition) is 3. The molecule has 1 heterocycles. The number of carbonyl (C=O) groups excluding carboxylic acids is 1. The average Bonchev–Trinajstić information content (AvgIpc) is 2.90. The zero-order valence-electron chi connectivity index (χ0n) is 11.3. The summed E-state index contributed by atoms with van der Waals surface area (Å²) < 4.78 is 5.50. The Bertz CT molecular complexity index is 659. The summed E-state index contributed by atoms with van der Waals surface area (Å²) in [6.07, 6.45) is 2.50. The third-order valence-corrected chi connectivity index (χ3v) is 2.69. The molecule has 0 radical (unpaired) electrons. The van der Waals surface area contributed by atoms with Gasteiger partial charge in [0.05, 0.1) is 24.6 Å². The normalized spacial score (nSPS) is 9.86. The van der Waals surface area contributed by atoms with E-state index in [9.17, 15) is 4.79 Å². The van der Waals surface area contributed by atoms with Crippen molar-refractivity contribution in [2.24, 2.45) is 0 Å². The molecule has 0 atom stereocenters. The van der Waals surface area contributed by atoms with Crippen molar-refractivity contribution in [2.45, 2.75) is 12.8 Å². The number of carbonyl (C=O) groups is 1. The lowest BCUT2D eigenvalue weighted by molar-refractivity contribution is 0.102. The van der Waals surface area contributed by atoms with Gasteiger partial charge in [0.2, 0.25) is 0 Å². The van der Waals surface area contributed by atoms with Crippen molar-refractivity contribution >= 4 is 17.3 Å². The Kier molecular flexibility index (Phi) is 4.77. The highest BCUT2D eigenvalue weighted by atomic mass is 16.5. The van der Waals surface area contributed by atoms with E-state index in [1.54, 1.807) is 24.3 Å². The van der Waals surface area contributed by atoms with Crippen LogP contribution in [-0.4, -0.2) is 22.7 Å². The summed E-state index contributed by atoms with van der Waals surface area (Å²) in [6.45, 7) is 0.457. The number of amides is 1. The van der Waals surface area contributed by atoms with E-state index in [1.807, 2.05) is 0 Å². The van der Waals surface area contributed by atoms with Crippen LogP contribution in [0.5, 0.6) is 5.75 Å². The summed E-state index contributed by atoms with van der Waals surface area (Å²) in [5, 5.41) is 17.4. The van der Waals surface area contributed by atoms with Crippen LogP contribution in [0.1, 0.15) is 23.3 Å². The molecule has 108 valence electrons. The molecule has 1 aromatic carbocycles. The van der Waals surface area contributed by atoms with E-state index in [-0.39, 0.29) is 17.3 Å². The van der Waals surface area contributed by atoms with Crippen LogP contribution >= 0.6 is 0 Å². The fourth-order valence-electron chi connectivity index (χ4n) is 1.68. The number of hydrogen-bond acceptors (Lipinski definition) is 5. The van der Waals surface area contributed by atoms with Crippen LogP contribution in [0.2, 0.25) is 0 Å². The van der Waals surface area contributed by atoms with Crippen molar-refractivity contribution in [3.8, 4) is 11.8 Å². The van der Waals surface area contributed by atoms with Crippen LogP contribution in [0.4, 0.5) is 11.4 Å². The zero-order valence-corrected chi connectivity index (χ0v) is 11.3. The van der Waals surface area contributed by atoms with E-state index in [1.165, 1.54) is 6.20 Å². The molecular formula is C14H15N5O2. The molecule has 2 rings (SSSR count). The molecule has 0 aliphatic carbocycles. The number of ether oxygens (including phenoxy) is 1. The Labute approximate surface area is 121 Å². The highest BCUT2D eigenvalue weighted by Crippen LogP contribution is 2.19. The largest absolute Gasteiger partial charge is 0.493 e. The molecule has 0 unspecified atom stereocenters.